The highest BCUT2D eigenvalue weighted by Crippen LogP contribution is 2.29. The molecular formula is C16H24N2. The maximum Gasteiger partial charge on any atom is 0.0398 e. The lowest BCUT2D eigenvalue weighted by molar-refractivity contribution is 0.687. The average molecular weight is 244 g/mol. The van der Waals surface area contributed by atoms with Crippen LogP contribution in [-0.4, -0.2) is 18.6 Å². The molecule has 0 bridgehead atoms. The van der Waals surface area contributed by atoms with Crippen molar-refractivity contribution >= 4 is 5.69 Å². The second-order valence-corrected chi connectivity index (χ2v) is 5.96. The molecule has 1 unspecified atom stereocenters. The van der Waals surface area contributed by atoms with E-state index in [-0.39, 0.29) is 0 Å². The van der Waals surface area contributed by atoms with Crippen LogP contribution >= 0.6 is 0 Å². The molecule has 1 N–H and O–H groups in total. The second-order valence-electron chi connectivity index (χ2n) is 5.96. The van der Waals surface area contributed by atoms with Gasteiger partial charge in [-0.05, 0) is 56.7 Å². The summed E-state index contributed by atoms with van der Waals surface area (Å²) in [6.45, 7) is 6.85. The minimum atomic E-state index is 0.708. The highest BCUT2D eigenvalue weighted by molar-refractivity contribution is 5.55. The number of nitrogens with zero attached hydrogens (tertiary/aromatic N) is 1. The van der Waals surface area contributed by atoms with Crippen LogP contribution in [0.3, 0.4) is 0 Å². The Morgan fingerprint density at radius 3 is 2.72 bits per heavy atom. The summed E-state index contributed by atoms with van der Waals surface area (Å²) < 4.78 is 0. The monoisotopic (exact) mass is 244 g/mol. The molecular weight excluding hydrogens is 220 g/mol. The number of rotatable bonds is 4. The summed E-state index contributed by atoms with van der Waals surface area (Å²) in [5.41, 5.74) is 4.30. The molecule has 1 aliphatic heterocycles. The zero-order chi connectivity index (χ0) is 12.5. The van der Waals surface area contributed by atoms with Crippen LogP contribution in [0.1, 0.15) is 43.7 Å². The van der Waals surface area contributed by atoms with E-state index in [1.54, 1.807) is 0 Å². The molecule has 1 aromatic carbocycles. The fourth-order valence-corrected chi connectivity index (χ4v) is 2.99. The van der Waals surface area contributed by atoms with Gasteiger partial charge in [0.1, 0.15) is 0 Å². The molecule has 2 heteroatoms. The number of hydrogen-bond donors (Lipinski definition) is 1. The van der Waals surface area contributed by atoms with E-state index < -0.39 is 0 Å². The lowest BCUT2D eigenvalue weighted by atomic mass is 10.1. The van der Waals surface area contributed by atoms with Gasteiger partial charge in [0, 0.05) is 30.9 Å². The van der Waals surface area contributed by atoms with Gasteiger partial charge in [0.25, 0.3) is 0 Å². The van der Waals surface area contributed by atoms with E-state index in [2.05, 4.69) is 42.3 Å². The summed E-state index contributed by atoms with van der Waals surface area (Å²) in [5, 5.41) is 3.58. The number of anilines is 1. The third-order valence-electron chi connectivity index (χ3n) is 4.30. The lowest BCUT2D eigenvalue weighted by Crippen LogP contribution is -2.27. The Hall–Kier alpha value is -1.02. The normalized spacial score (nSPS) is 23.7. The molecule has 98 valence electrons. The highest BCUT2D eigenvalue weighted by Gasteiger charge is 2.22. The van der Waals surface area contributed by atoms with Gasteiger partial charge in [0.15, 0.2) is 0 Å². The van der Waals surface area contributed by atoms with Crippen LogP contribution < -0.4 is 10.2 Å². The molecule has 2 fully saturated rings. The summed E-state index contributed by atoms with van der Waals surface area (Å²) in [6, 6.07) is 8.47. The van der Waals surface area contributed by atoms with Crippen molar-refractivity contribution in [3.63, 3.8) is 0 Å². The summed E-state index contributed by atoms with van der Waals surface area (Å²) in [4.78, 5) is 2.56. The van der Waals surface area contributed by atoms with Crippen molar-refractivity contribution in [3.05, 3.63) is 29.3 Å². The minimum absolute atomic E-state index is 0.708. The Balaban J connectivity index is 1.71. The van der Waals surface area contributed by atoms with Crippen LogP contribution in [0.15, 0.2) is 18.2 Å². The van der Waals surface area contributed by atoms with Crippen LogP contribution in [0.25, 0.3) is 0 Å². The van der Waals surface area contributed by atoms with E-state index in [1.165, 1.54) is 49.0 Å². The van der Waals surface area contributed by atoms with Crippen LogP contribution in [0.4, 0.5) is 5.69 Å². The van der Waals surface area contributed by atoms with Gasteiger partial charge >= 0.3 is 0 Å². The molecule has 18 heavy (non-hydrogen) atoms. The molecule has 0 aromatic heterocycles. The summed E-state index contributed by atoms with van der Waals surface area (Å²) >= 11 is 0. The minimum Gasteiger partial charge on any atom is -0.369 e. The lowest BCUT2D eigenvalue weighted by Gasteiger charge is -2.26. The van der Waals surface area contributed by atoms with Gasteiger partial charge < -0.3 is 10.2 Å². The molecule has 1 aromatic rings. The second kappa shape index (κ2) is 4.93. The van der Waals surface area contributed by atoms with Crippen molar-refractivity contribution in [2.75, 3.05) is 11.4 Å². The fourth-order valence-electron chi connectivity index (χ4n) is 2.99. The third kappa shape index (κ3) is 2.54. The Kier molecular flexibility index (Phi) is 3.29. The van der Waals surface area contributed by atoms with E-state index in [0.29, 0.717) is 6.04 Å². The Morgan fingerprint density at radius 1 is 1.28 bits per heavy atom. The first kappa shape index (κ1) is 12.0. The predicted octanol–water partition coefficient (Wildman–Crippen LogP) is 3.24. The van der Waals surface area contributed by atoms with Gasteiger partial charge in [-0.1, -0.05) is 12.1 Å². The average Bonchev–Trinajstić information content (AvgIpc) is 3.09. The Morgan fingerprint density at radius 2 is 2.11 bits per heavy atom. The van der Waals surface area contributed by atoms with Crippen LogP contribution in [0.2, 0.25) is 0 Å². The standard InChI is InChI=1S/C16H24N2/c1-12-10-14(11-17-15-6-7-15)5-8-16(12)18-9-3-4-13(18)2/h5,8,10,13,15,17H,3-4,6-7,9,11H2,1-2H3. The maximum atomic E-state index is 3.58. The van der Waals surface area contributed by atoms with Gasteiger partial charge in [-0.2, -0.15) is 0 Å². The van der Waals surface area contributed by atoms with E-state index >= 15 is 0 Å². The zero-order valence-electron chi connectivity index (χ0n) is 11.6. The van der Waals surface area contributed by atoms with E-state index in [1.807, 2.05) is 0 Å². The first-order valence-corrected chi connectivity index (χ1v) is 7.33. The first-order chi connectivity index (χ1) is 8.74. The largest absolute Gasteiger partial charge is 0.369 e. The predicted molar refractivity (Wildman–Crippen MR) is 77.1 cm³/mol. The maximum absolute atomic E-state index is 3.58. The Labute approximate surface area is 110 Å². The quantitative estimate of drug-likeness (QED) is 0.874. The molecule has 0 radical (unpaired) electrons. The number of benzene rings is 1. The van der Waals surface area contributed by atoms with Gasteiger partial charge in [0.2, 0.25) is 0 Å². The third-order valence-corrected chi connectivity index (χ3v) is 4.30. The van der Waals surface area contributed by atoms with Gasteiger partial charge in [-0.15, -0.1) is 0 Å². The summed E-state index contributed by atoms with van der Waals surface area (Å²) in [6.07, 6.45) is 5.40. The number of hydrogen-bond acceptors (Lipinski definition) is 2. The van der Waals surface area contributed by atoms with Crippen LogP contribution in [0, 0.1) is 6.92 Å². The summed E-state index contributed by atoms with van der Waals surface area (Å²) in [7, 11) is 0. The van der Waals surface area contributed by atoms with Crippen molar-refractivity contribution in [2.45, 2.75) is 58.2 Å². The molecule has 2 aliphatic rings. The van der Waals surface area contributed by atoms with Crippen molar-refractivity contribution in [1.29, 1.82) is 0 Å². The smallest absolute Gasteiger partial charge is 0.0398 e. The molecule has 1 atom stereocenters. The van der Waals surface area contributed by atoms with Crippen molar-refractivity contribution in [1.82, 2.24) is 5.32 Å². The van der Waals surface area contributed by atoms with E-state index in [0.717, 1.165) is 12.6 Å². The van der Waals surface area contributed by atoms with Crippen molar-refractivity contribution < 1.29 is 0 Å². The van der Waals surface area contributed by atoms with Gasteiger partial charge in [-0.25, -0.2) is 0 Å². The van der Waals surface area contributed by atoms with E-state index in [9.17, 15) is 0 Å². The number of aryl methyl sites for hydroxylation is 1. The van der Waals surface area contributed by atoms with Crippen molar-refractivity contribution in [2.24, 2.45) is 0 Å². The zero-order valence-corrected chi connectivity index (χ0v) is 11.6. The van der Waals surface area contributed by atoms with Crippen LogP contribution in [-0.2, 0) is 6.54 Å². The fraction of sp³-hybridized carbons (Fsp3) is 0.625. The van der Waals surface area contributed by atoms with Gasteiger partial charge in [0.05, 0.1) is 0 Å². The first-order valence-electron chi connectivity index (χ1n) is 7.33. The summed E-state index contributed by atoms with van der Waals surface area (Å²) in [5.74, 6) is 0. The molecule has 2 nitrogen and oxygen atoms in total. The Bertz CT molecular complexity index is 423. The molecule has 3 rings (SSSR count). The van der Waals surface area contributed by atoms with Crippen molar-refractivity contribution in [3.8, 4) is 0 Å². The molecule has 0 spiro atoms. The molecule has 1 heterocycles. The molecule has 1 saturated heterocycles. The van der Waals surface area contributed by atoms with Gasteiger partial charge in [-0.3, -0.25) is 0 Å². The van der Waals surface area contributed by atoms with E-state index in [4.69, 9.17) is 0 Å². The number of nitrogens with one attached hydrogen (secondary N) is 1. The highest BCUT2D eigenvalue weighted by atomic mass is 15.2. The topological polar surface area (TPSA) is 15.3 Å². The molecule has 1 saturated carbocycles. The molecule has 1 aliphatic carbocycles. The molecule has 0 amide bonds. The SMILES string of the molecule is Cc1cc(CNC2CC2)ccc1N1CCCC1C. The van der Waals surface area contributed by atoms with Crippen LogP contribution in [0.5, 0.6) is 0 Å².